The number of carbonyl (C=O) groups excluding carboxylic acids is 1. The Labute approximate surface area is 142 Å². The van der Waals surface area contributed by atoms with Gasteiger partial charge in [-0.3, -0.25) is 4.79 Å². The summed E-state index contributed by atoms with van der Waals surface area (Å²) >= 11 is 5.82. The number of amides is 1. The lowest BCUT2D eigenvalue weighted by molar-refractivity contribution is -0.124. The SMILES string of the molecule is CC(C)C(Cc1ccccc1)NC(=O)COc1ccc(Cl)cc1. The van der Waals surface area contributed by atoms with Crippen LogP contribution in [0.1, 0.15) is 19.4 Å². The Bertz CT molecular complexity index is 611. The molecule has 0 radical (unpaired) electrons. The molecule has 0 saturated carbocycles. The standard InChI is InChI=1S/C19H22ClNO2/c1-14(2)18(12-15-6-4-3-5-7-15)21-19(22)13-23-17-10-8-16(20)9-11-17/h3-11,14,18H,12-13H2,1-2H3,(H,21,22). The van der Waals surface area contributed by atoms with Crippen LogP contribution in [0, 0.1) is 5.92 Å². The van der Waals surface area contributed by atoms with Gasteiger partial charge in [-0.05, 0) is 42.2 Å². The Kier molecular flexibility index (Phi) is 6.48. The Balaban J connectivity index is 1.86. The van der Waals surface area contributed by atoms with Crippen LogP contribution in [-0.2, 0) is 11.2 Å². The van der Waals surface area contributed by atoms with Gasteiger partial charge in [0.2, 0.25) is 0 Å². The number of rotatable bonds is 7. The third-order valence-electron chi connectivity index (χ3n) is 3.63. The van der Waals surface area contributed by atoms with Crippen molar-refractivity contribution < 1.29 is 9.53 Å². The van der Waals surface area contributed by atoms with Gasteiger partial charge < -0.3 is 10.1 Å². The second-order valence-electron chi connectivity index (χ2n) is 5.85. The van der Waals surface area contributed by atoms with E-state index in [2.05, 4.69) is 31.3 Å². The van der Waals surface area contributed by atoms with Gasteiger partial charge in [0, 0.05) is 11.1 Å². The minimum absolute atomic E-state index is 0.000355. The zero-order valence-corrected chi connectivity index (χ0v) is 14.2. The number of benzene rings is 2. The fraction of sp³-hybridized carbons (Fsp3) is 0.316. The molecule has 0 aliphatic carbocycles. The largest absolute Gasteiger partial charge is 0.484 e. The van der Waals surface area contributed by atoms with Gasteiger partial charge in [-0.2, -0.15) is 0 Å². The maximum Gasteiger partial charge on any atom is 0.258 e. The first-order valence-electron chi connectivity index (χ1n) is 7.76. The van der Waals surface area contributed by atoms with Gasteiger partial charge in [-0.25, -0.2) is 0 Å². The summed E-state index contributed by atoms with van der Waals surface area (Å²) in [7, 11) is 0. The maximum atomic E-state index is 12.1. The average Bonchev–Trinajstić information content (AvgIpc) is 2.54. The topological polar surface area (TPSA) is 38.3 Å². The van der Waals surface area contributed by atoms with Crippen LogP contribution in [0.4, 0.5) is 0 Å². The molecule has 0 fully saturated rings. The average molecular weight is 332 g/mol. The van der Waals surface area contributed by atoms with E-state index in [0.29, 0.717) is 16.7 Å². The molecule has 1 unspecified atom stereocenters. The van der Waals surface area contributed by atoms with Gasteiger partial charge in [0.25, 0.3) is 5.91 Å². The summed E-state index contributed by atoms with van der Waals surface area (Å²) in [5, 5.41) is 3.70. The molecule has 2 aromatic carbocycles. The van der Waals surface area contributed by atoms with Gasteiger partial charge in [-0.1, -0.05) is 55.8 Å². The van der Waals surface area contributed by atoms with E-state index in [9.17, 15) is 4.79 Å². The summed E-state index contributed by atoms with van der Waals surface area (Å²) in [6, 6.07) is 17.2. The molecule has 122 valence electrons. The van der Waals surface area contributed by atoms with Crippen LogP contribution in [0.2, 0.25) is 5.02 Å². The number of hydrogen-bond acceptors (Lipinski definition) is 2. The van der Waals surface area contributed by atoms with Crippen molar-refractivity contribution in [3.05, 3.63) is 65.2 Å². The Hall–Kier alpha value is -2.00. The van der Waals surface area contributed by atoms with Crippen molar-refractivity contribution in [3.63, 3.8) is 0 Å². The second-order valence-corrected chi connectivity index (χ2v) is 6.29. The van der Waals surface area contributed by atoms with Gasteiger partial charge in [0.05, 0.1) is 0 Å². The molecule has 2 aromatic rings. The summed E-state index contributed by atoms with van der Waals surface area (Å²) in [6.07, 6.45) is 0.811. The smallest absolute Gasteiger partial charge is 0.258 e. The number of halogens is 1. The highest BCUT2D eigenvalue weighted by Gasteiger charge is 2.17. The third-order valence-corrected chi connectivity index (χ3v) is 3.89. The molecule has 23 heavy (non-hydrogen) atoms. The van der Waals surface area contributed by atoms with E-state index in [1.165, 1.54) is 5.56 Å². The van der Waals surface area contributed by atoms with E-state index in [1.807, 2.05) is 18.2 Å². The zero-order valence-electron chi connectivity index (χ0n) is 13.5. The fourth-order valence-corrected chi connectivity index (χ4v) is 2.38. The molecule has 1 N–H and O–H groups in total. The van der Waals surface area contributed by atoms with Crippen LogP contribution in [0.15, 0.2) is 54.6 Å². The van der Waals surface area contributed by atoms with Gasteiger partial charge in [0.1, 0.15) is 5.75 Å². The Morgan fingerprint density at radius 3 is 2.35 bits per heavy atom. The highest BCUT2D eigenvalue weighted by molar-refractivity contribution is 6.30. The van der Waals surface area contributed by atoms with E-state index in [1.54, 1.807) is 24.3 Å². The third kappa shape index (κ3) is 5.95. The summed E-state index contributed by atoms with van der Waals surface area (Å²) in [6.45, 7) is 4.21. The molecular formula is C19H22ClNO2. The van der Waals surface area contributed by atoms with Crippen molar-refractivity contribution in [2.24, 2.45) is 5.92 Å². The minimum atomic E-state index is -0.116. The van der Waals surface area contributed by atoms with Crippen molar-refractivity contribution in [2.75, 3.05) is 6.61 Å². The molecule has 3 nitrogen and oxygen atoms in total. The molecular weight excluding hydrogens is 310 g/mol. The fourth-order valence-electron chi connectivity index (χ4n) is 2.25. The molecule has 0 heterocycles. The monoisotopic (exact) mass is 331 g/mol. The zero-order chi connectivity index (χ0) is 16.7. The van der Waals surface area contributed by atoms with Crippen molar-refractivity contribution >= 4 is 17.5 Å². The minimum Gasteiger partial charge on any atom is -0.484 e. The van der Waals surface area contributed by atoms with Crippen molar-refractivity contribution in [3.8, 4) is 5.75 Å². The normalized spacial score (nSPS) is 12.0. The summed E-state index contributed by atoms with van der Waals surface area (Å²) < 4.78 is 5.48. The number of carbonyl (C=O) groups is 1. The molecule has 0 aliphatic heterocycles. The molecule has 0 saturated heterocycles. The predicted octanol–water partition coefficient (Wildman–Crippen LogP) is 4.10. The quantitative estimate of drug-likeness (QED) is 0.829. The van der Waals surface area contributed by atoms with E-state index < -0.39 is 0 Å². The van der Waals surface area contributed by atoms with Crippen LogP contribution in [-0.4, -0.2) is 18.6 Å². The number of ether oxygens (including phenoxy) is 1. The first-order chi connectivity index (χ1) is 11.0. The molecule has 0 aliphatic rings. The Morgan fingerprint density at radius 1 is 1.09 bits per heavy atom. The van der Waals surface area contributed by atoms with E-state index >= 15 is 0 Å². The maximum absolute atomic E-state index is 12.1. The molecule has 0 aromatic heterocycles. The molecule has 4 heteroatoms. The van der Waals surface area contributed by atoms with Crippen LogP contribution >= 0.6 is 11.6 Å². The highest BCUT2D eigenvalue weighted by Crippen LogP contribution is 2.15. The number of hydrogen-bond donors (Lipinski definition) is 1. The predicted molar refractivity (Wildman–Crippen MR) is 93.9 cm³/mol. The first-order valence-corrected chi connectivity index (χ1v) is 8.14. The lowest BCUT2D eigenvalue weighted by Gasteiger charge is -2.22. The molecule has 0 spiro atoms. The summed E-state index contributed by atoms with van der Waals surface area (Å²) in [4.78, 5) is 12.1. The van der Waals surface area contributed by atoms with Crippen molar-refractivity contribution in [2.45, 2.75) is 26.3 Å². The second kappa shape index (κ2) is 8.59. The molecule has 1 atom stereocenters. The number of nitrogens with one attached hydrogen (secondary N) is 1. The first kappa shape index (κ1) is 17.4. The molecule has 1 amide bonds. The van der Waals surface area contributed by atoms with E-state index in [-0.39, 0.29) is 18.6 Å². The Morgan fingerprint density at radius 2 is 1.74 bits per heavy atom. The molecule has 0 bridgehead atoms. The van der Waals surface area contributed by atoms with Gasteiger partial charge in [-0.15, -0.1) is 0 Å². The summed E-state index contributed by atoms with van der Waals surface area (Å²) in [5.74, 6) is 0.859. The van der Waals surface area contributed by atoms with E-state index in [0.717, 1.165) is 6.42 Å². The lowest BCUT2D eigenvalue weighted by atomic mass is 9.96. The molecule has 2 rings (SSSR count). The van der Waals surface area contributed by atoms with Gasteiger partial charge in [0.15, 0.2) is 6.61 Å². The summed E-state index contributed by atoms with van der Waals surface area (Å²) in [5.41, 5.74) is 1.21. The van der Waals surface area contributed by atoms with Crippen LogP contribution in [0.5, 0.6) is 5.75 Å². The van der Waals surface area contributed by atoms with Crippen LogP contribution < -0.4 is 10.1 Å². The van der Waals surface area contributed by atoms with Crippen LogP contribution in [0.3, 0.4) is 0 Å². The van der Waals surface area contributed by atoms with Crippen molar-refractivity contribution in [1.29, 1.82) is 0 Å². The van der Waals surface area contributed by atoms with Crippen LogP contribution in [0.25, 0.3) is 0 Å². The van der Waals surface area contributed by atoms with Gasteiger partial charge >= 0.3 is 0 Å². The van der Waals surface area contributed by atoms with Crippen molar-refractivity contribution in [1.82, 2.24) is 5.32 Å². The highest BCUT2D eigenvalue weighted by atomic mass is 35.5. The lowest BCUT2D eigenvalue weighted by Crippen LogP contribution is -2.42. The van der Waals surface area contributed by atoms with E-state index in [4.69, 9.17) is 16.3 Å².